The van der Waals surface area contributed by atoms with Gasteiger partial charge >= 0.3 is 0 Å². The third kappa shape index (κ3) is 6.06. The molecule has 0 bridgehead atoms. The van der Waals surface area contributed by atoms with Crippen molar-refractivity contribution in [2.75, 3.05) is 13.2 Å². The minimum absolute atomic E-state index is 0.0524. The summed E-state index contributed by atoms with van der Waals surface area (Å²) in [5, 5.41) is 15.0. The zero-order valence-electron chi connectivity index (χ0n) is 16.9. The number of ether oxygens (including phenoxy) is 1. The lowest BCUT2D eigenvalue weighted by Gasteiger charge is -2.13. The Morgan fingerprint density at radius 2 is 1.81 bits per heavy atom. The summed E-state index contributed by atoms with van der Waals surface area (Å²) in [5.41, 5.74) is 1.41. The van der Waals surface area contributed by atoms with Crippen molar-refractivity contribution in [3.63, 3.8) is 0 Å². The van der Waals surface area contributed by atoms with Gasteiger partial charge in [-0.15, -0.1) is 0 Å². The number of rotatable bonds is 8. The Bertz CT molecular complexity index is 1180. The van der Waals surface area contributed by atoms with Crippen LogP contribution in [0.25, 0.3) is 0 Å². The highest BCUT2D eigenvalue weighted by Crippen LogP contribution is 2.21. The van der Waals surface area contributed by atoms with Gasteiger partial charge in [0.15, 0.2) is 0 Å². The fourth-order valence-electron chi connectivity index (χ4n) is 2.88. The molecule has 0 aromatic heterocycles. The molecule has 6 nitrogen and oxygen atoms in total. The van der Waals surface area contributed by atoms with Crippen molar-refractivity contribution in [3.05, 3.63) is 99.8 Å². The topological polar surface area (TPSA) is 91.2 Å². The van der Waals surface area contributed by atoms with Gasteiger partial charge in [-0.1, -0.05) is 35.9 Å². The van der Waals surface area contributed by atoms with E-state index in [1.54, 1.807) is 48.5 Å². The SMILES string of the molecule is N#Cc1ccc(CNC(=O)c2cccc(Cl)c2)c(OCCNC(=O)c2ccccc2F)c1. The molecule has 0 fully saturated rings. The zero-order chi connectivity index (χ0) is 22.9. The maximum Gasteiger partial charge on any atom is 0.254 e. The van der Waals surface area contributed by atoms with Crippen LogP contribution in [0.5, 0.6) is 5.75 Å². The van der Waals surface area contributed by atoms with Crippen LogP contribution in [0.4, 0.5) is 4.39 Å². The summed E-state index contributed by atoms with van der Waals surface area (Å²) in [6.07, 6.45) is 0. The van der Waals surface area contributed by atoms with Crippen LogP contribution in [0.3, 0.4) is 0 Å². The van der Waals surface area contributed by atoms with E-state index in [4.69, 9.17) is 21.6 Å². The third-order valence-corrected chi connectivity index (χ3v) is 4.72. The van der Waals surface area contributed by atoms with Gasteiger partial charge in [0.2, 0.25) is 0 Å². The summed E-state index contributed by atoms with van der Waals surface area (Å²) < 4.78 is 19.4. The Balaban J connectivity index is 1.59. The van der Waals surface area contributed by atoms with Crippen molar-refractivity contribution in [1.29, 1.82) is 5.26 Å². The molecule has 0 heterocycles. The number of amides is 2. The quantitative estimate of drug-likeness (QED) is 0.505. The van der Waals surface area contributed by atoms with Gasteiger partial charge in [0.25, 0.3) is 11.8 Å². The van der Waals surface area contributed by atoms with Gasteiger partial charge in [-0.2, -0.15) is 5.26 Å². The maximum atomic E-state index is 13.7. The molecule has 0 atom stereocenters. The fourth-order valence-corrected chi connectivity index (χ4v) is 3.07. The minimum atomic E-state index is -0.606. The van der Waals surface area contributed by atoms with Crippen LogP contribution in [0.15, 0.2) is 66.7 Å². The van der Waals surface area contributed by atoms with E-state index in [1.807, 2.05) is 6.07 Å². The number of hydrogen-bond donors (Lipinski definition) is 2. The van der Waals surface area contributed by atoms with Crippen molar-refractivity contribution in [2.45, 2.75) is 6.54 Å². The molecule has 32 heavy (non-hydrogen) atoms. The maximum absolute atomic E-state index is 13.7. The van der Waals surface area contributed by atoms with Crippen molar-refractivity contribution in [2.24, 2.45) is 0 Å². The molecule has 3 aromatic carbocycles. The highest BCUT2D eigenvalue weighted by Gasteiger charge is 2.12. The lowest BCUT2D eigenvalue weighted by atomic mass is 10.1. The van der Waals surface area contributed by atoms with E-state index in [1.165, 1.54) is 18.2 Å². The smallest absolute Gasteiger partial charge is 0.254 e. The Morgan fingerprint density at radius 1 is 1.00 bits per heavy atom. The molecule has 0 saturated heterocycles. The number of nitrogens with one attached hydrogen (secondary N) is 2. The van der Waals surface area contributed by atoms with Gasteiger partial charge < -0.3 is 15.4 Å². The molecule has 0 saturated carbocycles. The van der Waals surface area contributed by atoms with Crippen LogP contribution in [-0.2, 0) is 6.54 Å². The van der Waals surface area contributed by atoms with E-state index in [0.29, 0.717) is 27.5 Å². The summed E-state index contributed by atoms with van der Waals surface area (Å²) in [6, 6.07) is 19.1. The van der Waals surface area contributed by atoms with E-state index in [-0.39, 0.29) is 31.2 Å². The molecular weight excluding hydrogens is 433 g/mol. The molecule has 0 spiro atoms. The third-order valence-electron chi connectivity index (χ3n) is 4.49. The molecule has 162 valence electrons. The highest BCUT2D eigenvalue weighted by molar-refractivity contribution is 6.30. The van der Waals surface area contributed by atoms with E-state index in [0.717, 1.165) is 0 Å². The van der Waals surface area contributed by atoms with Crippen molar-refractivity contribution < 1.29 is 18.7 Å². The van der Waals surface area contributed by atoms with Gasteiger partial charge in [-0.05, 0) is 42.5 Å². The summed E-state index contributed by atoms with van der Waals surface area (Å²) >= 11 is 5.92. The summed E-state index contributed by atoms with van der Waals surface area (Å²) in [4.78, 5) is 24.4. The van der Waals surface area contributed by atoms with Gasteiger partial charge in [-0.25, -0.2) is 4.39 Å². The monoisotopic (exact) mass is 451 g/mol. The summed E-state index contributed by atoms with van der Waals surface area (Å²) in [7, 11) is 0. The van der Waals surface area contributed by atoms with Crippen LogP contribution in [0, 0.1) is 17.1 Å². The van der Waals surface area contributed by atoms with Crippen LogP contribution >= 0.6 is 11.6 Å². The standard InChI is InChI=1S/C24H19ClFN3O3/c25-19-5-3-4-17(13-19)23(30)29-15-18-9-8-16(14-27)12-22(18)32-11-10-28-24(31)20-6-1-2-7-21(20)26/h1-9,12-13H,10-11,15H2,(H,28,31)(H,29,30). The van der Waals surface area contributed by atoms with E-state index < -0.39 is 11.7 Å². The lowest BCUT2D eigenvalue weighted by Crippen LogP contribution is -2.29. The van der Waals surface area contributed by atoms with Crippen molar-refractivity contribution in [3.8, 4) is 11.8 Å². The molecule has 3 aromatic rings. The molecule has 0 radical (unpaired) electrons. The van der Waals surface area contributed by atoms with E-state index in [9.17, 15) is 14.0 Å². The summed E-state index contributed by atoms with van der Waals surface area (Å²) in [5.74, 6) is -1.06. The molecule has 3 rings (SSSR count). The Labute approximate surface area is 189 Å². The molecular formula is C24H19ClFN3O3. The number of carbonyl (C=O) groups is 2. The molecule has 0 aliphatic rings. The second-order valence-electron chi connectivity index (χ2n) is 6.71. The second-order valence-corrected chi connectivity index (χ2v) is 7.15. The van der Waals surface area contributed by atoms with Crippen molar-refractivity contribution in [1.82, 2.24) is 10.6 Å². The van der Waals surface area contributed by atoms with Crippen LogP contribution < -0.4 is 15.4 Å². The largest absolute Gasteiger partial charge is 0.491 e. The van der Waals surface area contributed by atoms with Gasteiger partial charge in [0.1, 0.15) is 18.2 Å². The molecule has 8 heteroatoms. The number of hydrogen-bond acceptors (Lipinski definition) is 4. The van der Waals surface area contributed by atoms with Crippen LogP contribution in [0.1, 0.15) is 31.8 Å². The molecule has 0 aliphatic carbocycles. The number of nitrogens with zero attached hydrogens (tertiary/aromatic N) is 1. The first-order valence-corrected chi connectivity index (χ1v) is 10.1. The minimum Gasteiger partial charge on any atom is -0.491 e. The Kier molecular flexibility index (Phi) is 7.79. The normalized spacial score (nSPS) is 10.2. The number of benzene rings is 3. The lowest BCUT2D eigenvalue weighted by molar-refractivity contribution is 0.0936. The van der Waals surface area contributed by atoms with Gasteiger partial charge in [0, 0.05) is 22.7 Å². The second kappa shape index (κ2) is 10.9. The Hall–Kier alpha value is -3.89. The van der Waals surface area contributed by atoms with Gasteiger partial charge in [0.05, 0.1) is 23.7 Å². The number of nitriles is 1. The first kappa shape index (κ1) is 22.8. The first-order chi connectivity index (χ1) is 15.5. The summed E-state index contributed by atoms with van der Waals surface area (Å²) in [6.45, 7) is 0.372. The predicted molar refractivity (Wildman–Crippen MR) is 118 cm³/mol. The molecule has 0 unspecified atom stereocenters. The van der Waals surface area contributed by atoms with Gasteiger partial charge in [-0.3, -0.25) is 9.59 Å². The number of halogens is 2. The van der Waals surface area contributed by atoms with Crippen LogP contribution in [-0.4, -0.2) is 25.0 Å². The van der Waals surface area contributed by atoms with E-state index in [2.05, 4.69) is 10.6 Å². The molecule has 2 amide bonds. The molecule has 2 N–H and O–H groups in total. The van der Waals surface area contributed by atoms with Crippen molar-refractivity contribution >= 4 is 23.4 Å². The van der Waals surface area contributed by atoms with Crippen LogP contribution in [0.2, 0.25) is 5.02 Å². The fraction of sp³-hybridized carbons (Fsp3) is 0.125. The van der Waals surface area contributed by atoms with E-state index >= 15 is 0 Å². The average molecular weight is 452 g/mol. The average Bonchev–Trinajstić information content (AvgIpc) is 2.80. The predicted octanol–water partition coefficient (Wildman–Crippen LogP) is 4.09. The highest BCUT2D eigenvalue weighted by atomic mass is 35.5. The zero-order valence-corrected chi connectivity index (χ0v) is 17.7. The first-order valence-electron chi connectivity index (χ1n) is 9.70. The number of carbonyl (C=O) groups excluding carboxylic acids is 2. The molecule has 0 aliphatic heterocycles. The Morgan fingerprint density at radius 3 is 2.56 bits per heavy atom.